The number of fused-ring (bicyclic) bond motifs is 5. The third kappa shape index (κ3) is 5.31. The Morgan fingerprint density at radius 3 is 2.36 bits per heavy atom. The number of piperidine rings is 1. The molecule has 0 aromatic heterocycles. The zero-order valence-electron chi connectivity index (χ0n) is 35.5. The van der Waals surface area contributed by atoms with Gasteiger partial charge in [0.2, 0.25) is 0 Å². The van der Waals surface area contributed by atoms with Gasteiger partial charge in [0.25, 0.3) is 0 Å². The molecule has 12 nitrogen and oxygen atoms in total. The molecule has 10 atom stereocenters. The molecule has 0 radical (unpaired) electrons. The molecule has 2 aromatic carbocycles. The van der Waals surface area contributed by atoms with Crippen molar-refractivity contribution in [2.24, 2.45) is 17.3 Å². The average Bonchev–Trinajstić information content (AvgIpc) is 3.90. The lowest BCUT2D eigenvalue weighted by Crippen LogP contribution is -2.72. The van der Waals surface area contributed by atoms with E-state index in [9.17, 15) is 19.8 Å². The Bertz CT molecular complexity index is 2170. The first-order chi connectivity index (χ1) is 28.2. The molecule has 1 unspecified atom stereocenters. The molecule has 5 aliphatic heterocycles. The van der Waals surface area contributed by atoms with Crippen molar-refractivity contribution in [3.63, 3.8) is 0 Å². The first-order valence-electron chi connectivity index (χ1n) is 21.3. The summed E-state index contributed by atoms with van der Waals surface area (Å²) < 4.78 is 23.5. The monoisotopic (exact) mass is 809 g/mol. The molecular formula is C47H59N3O9. The maximum Gasteiger partial charge on any atom is 0.320 e. The fraction of sp³-hybridized carbons (Fsp3) is 0.596. The molecule has 0 amide bonds. The SMILES string of the molecule is CC[C@@]1(O)CN2CCC3=C(Cc4ccccc43)[C@](C(=O)OC)(c3cc4c(cc3OC)N(C)[C@@H]3[C@H](C(=O)OC)[C@@H](C(=O)OC)[C@]5(CC)C=CCN6CC[C@@]43[C@@H]65)C[C@](O)(C2)C1. The molecule has 5 heterocycles. The van der Waals surface area contributed by atoms with Crippen molar-refractivity contribution in [2.75, 3.05) is 73.1 Å². The van der Waals surface area contributed by atoms with Crippen molar-refractivity contribution in [3.8, 4) is 5.75 Å². The second-order valence-corrected chi connectivity index (χ2v) is 18.5. The minimum Gasteiger partial charge on any atom is -0.496 e. The number of ether oxygens (including phenoxy) is 4. The van der Waals surface area contributed by atoms with Gasteiger partial charge in [-0.3, -0.25) is 24.2 Å². The molecule has 12 heteroatoms. The number of carbonyl (C=O) groups excluding carboxylic acids is 3. The van der Waals surface area contributed by atoms with E-state index in [-0.39, 0.29) is 25.4 Å². The number of anilines is 1. The van der Waals surface area contributed by atoms with Crippen molar-refractivity contribution < 1.29 is 43.5 Å². The van der Waals surface area contributed by atoms with Gasteiger partial charge in [0.15, 0.2) is 0 Å². The van der Waals surface area contributed by atoms with Gasteiger partial charge in [0.1, 0.15) is 11.2 Å². The summed E-state index contributed by atoms with van der Waals surface area (Å²) in [6.07, 6.45) is 7.18. The maximum absolute atomic E-state index is 15.4. The summed E-state index contributed by atoms with van der Waals surface area (Å²) in [7, 11) is 7.77. The maximum atomic E-state index is 15.4. The molecule has 7 aliphatic rings. The number of nitrogens with zero attached hydrogens (tertiary/aromatic N) is 3. The van der Waals surface area contributed by atoms with Gasteiger partial charge in [0, 0.05) is 80.3 Å². The summed E-state index contributed by atoms with van der Waals surface area (Å²) in [6.45, 7) is 6.79. The number of benzene rings is 2. The van der Waals surface area contributed by atoms with E-state index in [0.717, 1.165) is 40.1 Å². The van der Waals surface area contributed by atoms with Crippen molar-refractivity contribution in [2.45, 2.75) is 92.9 Å². The number of hydrogen-bond acceptors (Lipinski definition) is 12. The van der Waals surface area contributed by atoms with E-state index in [4.69, 9.17) is 18.9 Å². The Morgan fingerprint density at radius 2 is 1.66 bits per heavy atom. The number of methoxy groups -OCH3 is 4. The van der Waals surface area contributed by atoms with Crippen molar-refractivity contribution in [1.82, 2.24) is 9.80 Å². The van der Waals surface area contributed by atoms with E-state index in [0.29, 0.717) is 63.1 Å². The third-order valence-electron chi connectivity index (χ3n) is 16.1. The fourth-order valence-electron chi connectivity index (χ4n) is 14.1. The minimum absolute atomic E-state index is 0.0356. The predicted octanol–water partition coefficient (Wildman–Crippen LogP) is 4.18. The number of esters is 3. The second-order valence-electron chi connectivity index (χ2n) is 18.5. The predicted molar refractivity (Wildman–Crippen MR) is 221 cm³/mol. The van der Waals surface area contributed by atoms with Gasteiger partial charge in [-0.25, -0.2) is 0 Å². The van der Waals surface area contributed by atoms with Gasteiger partial charge >= 0.3 is 17.9 Å². The molecule has 2 saturated heterocycles. The van der Waals surface area contributed by atoms with Crippen LogP contribution in [0.4, 0.5) is 5.69 Å². The van der Waals surface area contributed by atoms with E-state index in [2.05, 4.69) is 52.0 Å². The number of hydrogen-bond donors (Lipinski definition) is 2. The molecule has 59 heavy (non-hydrogen) atoms. The summed E-state index contributed by atoms with van der Waals surface area (Å²) in [5.74, 6) is -2.63. The van der Waals surface area contributed by atoms with E-state index >= 15 is 4.79 Å². The average molecular weight is 810 g/mol. The minimum atomic E-state index is -1.54. The Hall–Kier alpha value is -4.23. The van der Waals surface area contributed by atoms with Crippen LogP contribution in [0.1, 0.15) is 74.6 Å². The van der Waals surface area contributed by atoms with E-state index in [1.165, 1.54) is 21.3 Å². The highest BCUT2D eigenvalue weighted by molar-refractivity contribution is 5.95. The molecular weight excluding hydrogens is 751 g/mol. The van der Waals surface area contributed by atoms with Gasteiger partial charge in [-0.1, -0.05) is 50.3 Å². The second kappa shape index (κ2) is 13.9. The summed E-state index contributed by atoms with van der Waals surface area (Å²) in [5.41, 5.74) is 0.898. The largest absolute Gasteiger partial charge is 0.496 e. The molecule has 2 bridgehead atoms. The van der Waals surface area contributed by atoms with E-state index < -0.39 is 63.2 Å². The number of rotatable bonds is 7. The van der Waals surface area contributed by atoms with Crippen LogP contribution in [0.5, 0.6) is 5.75 Å². The van der Waals surface area contributed by atoms with Gasteiger partial charge in [-0.15, -0.1) is 0 Å². The van der Waals surface area contributed by atoms with E-state index in [1.54, 1.807) is 7.11 Å². The molecule has 2 N–H and O–H groups in total. The van der Waals surface area contributed by atoms with Crippen molar-refractivity contribution in [1.29, 1.82) is 0 Å². The van der Waals surface area contributed by atoms with Crippen LogP contribution in [-0.4, -0.2) is 129 Å². The number of carbonyl (C=O) groups is 3. The zero-order chi connectivity index (χ0) is 41.9. The van der Waals surface area contributed by atoms with Gasteiger partial charge in [-0.05, 0) is 72.6 Å². The van der Waals surface area contributed by atoms with Crippen LogP contribution in [0.25, 0.3) is 5.57 Å². The quantitative estimate of drug-likeness (QED) is 0.236. The Morgan fingerprint density at radius 1 is 0.898 bits per heavy atom. The molecule has 316 valence electrons. The summed E-state index contributed by atoms with van der Waals surface area (Å²) in [6, 6.07) is 11.7. The van der Waals surface area contributed by atoms with Gasteiger partial charge < -0.3 is 34.1 Å². The molecule has 9 rings (SSSR count). The number of aliphatic hydroxyl groups is 2. The summed E-state index contributed by atoms with van der Waals surface area (Å²) in [4.78, 5) is 50.7. The fourth-order valence-corrected chi connectivity index (χ4v) is 14.1. The Balaban J connectivity index is 1.35. The first kappa shape index (κ1) is 40.2. The van der Waals surface area contributed by atoms with Crippen LogP contribution in [0.15, 0.2) is 54.1 Å². The van der Waals surface area contributed by atoms with Gasteiger partial charge in [-0.2, -0.15) is 0 Å². The number of likely N-dealkylation sites (N-methyl/N-ethyl adjacent to an activating group) is 1. The van der Waals surface area contributed by atoms with Crippen LogP contribution in [0.3, 0.4) is 0 Å². The molecule has 2 aliphatic carbocycles. The van der Waals surface area contributed by atoms with Crippen LogP contribution in [0, 0.1) is 17.3 Å². The van der Waals surface area contributed by atoms with E-state index in [1.807, 2.05) is 32.2 Å². The zero-order valence-corrected chi connectivity index (χ0v) is 35.5. The summed E-state index contributed by atoms with van der Waals surface area (Å²) in [5, 5.41) is 25.0. The van der Waals surface area contributed by atoms with Crippen molar-refractivity contribution in [3.05, 3.63) is 76.4 Å². The molecule has 3 fully saturated rings. The topological polar surface area (TPSA) is 138 Å². The Kier molecular flexibility index (Phi) is 9.47. The van der Waals surface area contributed by atoms with Crippen LogP contribution >= 0.6 is 0 Å². The molecule has 2 aromatic rings. The lowest BCUT2D eigenvalue weighted by molar-refractivity contribution is -0.174. The smallest absolute Gasteiger partial charge is 0.320 e. The third-order valence-corrected chi connectivity index (χ3v) is 16.1. The van der Waals surface area contributed by atoms with Crippen LogP contribution < -0.4 is 9.64 Å². The van der Waals surface area contributed by atoms with Crippen LogP contribution in [0.2, 0.25) is 0 Å². The highest BCUT2D eigenvalue weighted by Gasteiger charge is 2.75. The molecule has 1 spiro atoms. The van der Waals surface area contributed by atoms with Crippen molar-refractivity contribution >= 4 is 29.2 Å². The Labute approximate surface area is 347 Å². The standard InChI is InChI=1S/C47H59N3O9/c1-8-43(54)24-44(55)25-47(42(53)59-7,31-21-28-13-10-11-14-29(28)30(31)15-19-49(26-43)27-44)33-22-32-34(23-35(33)56-4)48(3)38-36(39(51)57-5)37(40(52)58-6)45(9-2)16-12-18-50-20-17-46(32,38)41(45)50/h10-14,16,22-23,36-38,41,54-55H,8-9,15,17-21,24-27H2,1-7H3/t36-,37+,38-,41+,43+,44+,45+,46-,47+/m1/s1. The lowest BCUT2D eigenvalue weighted by atomic mass is 9.46. The summed E-state index contributed by atoms with van der Waals surface area (Å²) >= 11 is 0. The normalized spacial score (nSPS) is 37.8. The first-order valence-corrected chi connectivity index (χ1v) is 21.3. The van der Waals surface area contributed by atoms with Gasteiger partial charge in [0.05, 0.1) is 57.5 Å². The van der Waals surface area contributed by atoms with Crippen LogP contribution in [-0.2, 0) is 45.8 Å². The highest BCUT2D eigenvalue weighted by Crippen LogP contribution is 2.69. The molecule has 1 saturated carbocycles. The lowest BCUT2D eigenvalue weighted by Gasteiger charge is -2.61. The highest BCUT2D eigenvalue weighted by atomic mass is 16.5.